The van der Waals surface area contributed by atoms with Crippen molar-refractivity contribution in [2.45, 2.75) is 63.4 Å². The highest BCUT2D eigenvalue weighted by atomic mass is 16.6. The van der Waals surface area contributed by atoms with E-state index >= 15 is 0 Å². The summed E-state index contributed by atoms with van der Waals surface area (Å²) < 4.78 is 11.8. The second-order valence-electron chi connectivity index (χ2n) is 8.39. The SMILES string of the molecule is CC(=O)NC1CC2CCC(C1)N2Cc1ccc(C2COc3cccnc3O2)cc1. The van der Waals surface area contributed by atoms with Crippen LogP contribution in [0.1, 0.15) is 49.8 Å². The smallest absolute Gasteiger partial charge is 0.257 e. The molecule has 0 spiro atoms. The number of nitrogens with one attached hydrogen (secondary N) is 1. The molecule has 0 saturated carbocycles. The summed E-state index contributed by atoms with van der Waals surface area (Å²) in [5.74, 6) is 1.36. The molecule has 2 aromatic rings. The number of amides is 1. The molecule has 1 amide bonds. The highest BCUT2D eigenvalue weighted by Gasteiger charge is 2.40. The Morgan fingerprint density at radius 1 is 1.17 bits per heavy atom. The predicted octanol–water partition coefficient (Wildman–Crippen LogP) is 3.23. The largest absolute Gasteiger partial charge is 0.484 e. The first kappa shape index (κ1) is 18.4. The number of hydrogen-bond donors (Lipinski definition) is 1. The van der Waals surface area contributed by atoms with Gasteiger partial charge in [-0.15, -0.1) is 0 Å². The van der Waals surface area contributed by atoms with Crippen LogP contribution in [0.2, 0.25) is 0 Å². The monoisotopic (exact) mass is 393 g/mol. The van der Waals surface area contributed by atoms with Gasteiger partial charge in [0.1, 0.15) is 6.61 Å². The highest BCUT2D eigenvalue weighted by molar-refractivity contribution is 5.73. The van der Waals surface area contributed by atoms with Crippen LogP contribution in [0.5, 0.6) is 11.6 Å². The van der Waals surface area contributed by atoms with E-state index in [1.54, 1.807) is 13.1 Å². The van der Waals surface area contributed by atoms with E-state index in [-0.39, 0.29) is 12.0 Å². The molecule has 29 heavy (non-hydrogen) atoms. The molecule has 3 atom stereocenters. The number of carbonyl (C=O) groups excluding carboxylic acids is 1. The molecule has 0 radical (unpaired) electrons. The molecule has 6 heteroatoms. The zero-order valence-corrected chi connectivity index (χ0v) is 16.7. The van der Waals surface area contributed by atoms with Crippen LogP contribution in [0.3, 0.4) is 0 Å². The molecular weight excluding hydrogens is 366 g/mol. The maximum Gasteiger partial charge on any atom is 0.257 e. The Hall–Kier alpha value is -2.60. The number of ether oxygens (including phenoxy) is 2. The average molecular weight is 393 g/mol. The van der Waals surface area contributed by atoms with Crippen LogP contribution >= 0.6 is 0 Å². The molecule has 4 heterocycles. The standard InChI is InChI=1S/C23H27N3O3/c1-15(27)25-18-11-19-8-9-20(12-18)26(19)13-16-4-6-17(7-5-16)22-14-28-21-3-2-10-24-23(21)29-22/h2-7,10,18-20,22H,8-9,11-14H2,1H3,(H,25,27). The second kappa shape index (κ2) is 7.67. The van der Waals surface area contributed by atoms with Crippen LogP contribution in [-0.2, 0) is 11.3 Å². The summed E-state index contributed by atoms with van der Waals surface area (Å²) in [6.07, 6.45) is 6.19. The van der Waals surface area contributed by atoms with Crippen LogP contribution in [0.15, 0.2) is 42.6 Å². The summed E-state index contributed by atoms with van der Waals surface area (Å²) in [5, 5.41) is 3.12. The molecule has 152 valence electrons. The molecule has 3 aliphatic rings. The molecule has 3 aliphatic heterocycles. The van der Waals surface area contributed by atoms with Crippen molar-refractivity contribution in [2.24, 2.45) is 0 Å². The maximum atomic E-state index is 11.4. The Bertz CT molecular complexity index is 871. The third kappa shape index (κ3) is 3.81. The zero-order valence-electron chi connectivity index (χ0n) is 16.7. The number of benzene rings is 1. The third-order valence-electron chi connectivity index (χ3n) is 6.39. The first-order valence-electron chi connectivity index (χ1n) is 10.5. The van der Waals surface area contributed by atoms with Gasteiger partial charge in [-0.05, 0) is 48.9 Å². The Morgan fingerprint density at radius 3 is 2.66 bits per heavy atom. The van der Waals surface area contributed by atoms with Gasteiger partial charge in [0, 0.05) is 37.8 Å². The summed E-state index contributed by atoms with van der Waals surface area (Å²) in [5.41, 5.74) is 2.43. The fourth-order valence-corrected chi connectivity index (χ4v) is 5.06. The Labute approximate surface area is 171 Å². The lowest BCUT2D eigenvalue weighted by Crippen LogP contribution is -2.49. The summed E-state index contributed by atoms with van der Waals surface area (Å²) in [6.45, 7) is 3.08. The van der Waals surface area contributed by atoms with Gasteiger partial charge in [-0.2, -0.15) is 0 Å². The van der Waals surface area contributed by atoms with Crippen LogP contribution in [-0.4, -0.2) is 40.5 Å². The van der Waals surface area contributed by atoms with Gasteiger partial charge in [-0.25, -0.2) is 4.98 Å². The summed E-state index contributed by atoms with van der Waals surface area (Å²) in [4.78, 5) is 18.3. The molecule has 1 aromatic heterocycles. The molecule has 2 fully saturated rings. The van der Waals surface area contributed by atoms with Crippen LogP contribution in [0.25, 0.3) is 0 Å². The van der Waals surface area contributed by atoms with E-state index in [0.29, 0.717) is 36.4 Å². The van der Waals surface area contributed by atoms with Gasteiger partial charge in [0.05, 0.1) is 0 Å². The summed E-state index contributed by atoms with van der Waals surface area (Å²) >= 11 is 0. The van der Waals surface area contributed by atoms with E-state index in [4.69, 9.17) is 9.47 Å². The lowest BCUT2D eigenvalue weighted by Gasteiger charge is -2.39. The number of rotatable bonds is 4. The molecule has 2 saturated heterocycles. The van der Waals surface area contributed by atoms with Crippen molar-refractivity contribution in [2.75, 3.05) is 6.61 Å². The fraction of sp³-hybridized carbons (Fsp3) is 0.478. The zero-order chi connectivity index (χ0) is 19.8. The van der Waals surface area contributed by atoms with Gasteiger partial charge in [-0.3, -0.25) is 9.69 Å². The van der Waals surface area contributed by atoms with Gasteiger partial charge in [0.15, 0.2) is 11.9 Å². The molecule has 3 unspecified atom stereocenters. The Kier molecular flexibility index (Phi) is 4.87. The van der Waals surface area contributed by atoms with E-state index in [1.165, 1.54) is 18.4 Å². The van der Waals surface area contributed by atoms with Crippen molar-refractivity contribution in [3.05, 3.63) is 53.7 Å². The molecular formula is C23H27N3O3. The molecule has 0 aliphatic carbocycles. The van der Waals surface area contributed by atoms with Crippen molar-refractivity contribution in [3.63, 3.8) is 0 Å². The van der Waals surface area contributed by atoms with Gasteiger partial charge in [-0.1, -0.05) is 24.3 Å². The van der Waals surface area contributed by atoms with Crippen LogP contribution < -0.4 is 14.8 Å². The summed E-state index contributed by atoms with van der Waals surface area (Å²) in [7, 11) is 0. The van der Waals surface area contributed by atoms with E-state index in [2.05, 4.69) is 39.5 Å². The Morgan fingerprint density at radius 2 is 1.93 bits per heavy atom. The van der Waals surface area contributed by atoms with Crippen molar-refractivity contribution >= 4 is 5.91 Å². The predicted molar refractivity (Wildman–Crippen MR) is 109 cm³/mol. The van der Waals surface area contributed by atoms with Crippen molar-refractivity contribution < 1.29 is 14.3 Å². The van der Waals surface area contributed by atoms with Gasteiger partial charge in [0.2, 0.25) is 5.91 Å². The van der Waals surface area contributed by atoms with Crippen molar-refractivity contribution in [1.29, 1.82) is 0 Å². The first-order valence-corrected chi connectivity index (χ1v) is 10.5. The summed E-state index contributed by atoms with van der Waals surface area (Å²) in [6, 6.07) is 13.9. The third-order valence-corrected chi connectivity index (χ3v) is 6.39. The molecule has 1 aromatic carbocycles. The second-order valence-corrected chi connectivity index (χ2v) is 8.39. The topological polar surface area (TPSA) is 63.7 Å². The van der Waals surface area contributed by atoms with Crippen LogP contribution in [0.4, 0.5) is 0 Å². The Balaban J connectivity index is 1.22. The minimum atomic E-state index is -0.129. The number of nitrogens with zero attached hydrogens (tertiary/aromatic N) is 2. The average Bonchev–Trinajstić information content (AvgIpc) is 2.95. The number of carbonyl (C=O) groups is 1. The molecule has 2 bridgehead atoms. The van der Waals surface area contributed by atoms with Gasteiger partial charge in [0.25, 0.3) is 5.88 Å². The minimum Gasteiger partial charge on any atom is -0.484 e. The van der Waals surface area contributed by atoms with E-state index in [1.807, 2.05) is 12.1 Å². The van der Waals surface area contributed by atoms with Gasteiger partial charge < -0.3 is 14.8 Å². The molecule has 5 rings (SSSR count). The normalized spacial score (nSPS) is 28.2. The quantitative estimate of drug-likeness (QED) is 0.864. The van der Waals surface area contributed by atoms with Crippen molar-refractivity contribution in [1.82, 2.24) is 15.2 Å². The minimum absolute atomic E-state index is 0.0881. The number of pyridine rings is 1. The fourth-order valence-electron chi connectivity index (χ4n) is 5.06. The van der Waals surface area contributed by atoms with Crippen LogP contribution in [0, 0.1) is 0 Å². The van der Waals surface area contributed by atoms with Gasteiger partial charge >= 0.3 is 0 Å². The van der Waals surface area contributed by atoms with E-state index in [0.717, 1.165) is 24.9 Å². The lowest BCUT2D eigenvalue weighted by molar-refractivity contribution is -0.120. The first-order chi connectivity index (χ1) is 14.2. The number of fused-ring (bicyclic) bond motifs is 3. The highest BCUT2D eigenvalue weighted by Crippen LogP contribution is 2.37. The van der Waals surface area contributed by atoms with E-state index in [9.17, 15) is 4.79 Å². The van der Waals surface area contributed by atoms with E-state index < -0.39 is 0 Å². The molecule has 6 nitrogen and oxygen atoms in total. The maximum absolute atomic E-state index is 11.4. The number of hydrogen-bond acceptors (Lipinski definition) is 5. The number of piperidine rings is 1. The lowest BCUT2D eigenvalue weighted by atomic mass is 9.96. The number of aromatic nitrogens is 1. The molecule has 1 N–H and O–H groups in total. The van der Waals surface area contributed by atoms with Crippen molar-refractivity contribution in [3.8, 4) is 11.6 Å².